The van der Waals surface area contributed by atoms with E-state index in [-0.39, 0.29) is 23.9 Å². The third-order valence-electron chi connectivity index (χ3n) is 4.70. The van der Waals surface area contributed by atoms with Crippen LogP contribution < -0.4 is 5.32 Å². The Balaban J connectivity index is 1.91. The van der Waals surface area contributed by atoms with Crippen LogP contribution in [0, 0.1) is 5.82 Å². The van der Waals surface area contributed by atoms with E-state index in [0.29, 0.717) is 18.4 Å². The van der Waals surface area contributed by atoms with Crippen LogP contribution in [0.15, 0.2) is 30.5 Å². The number of ether oxygens (including phenoxy) is 1. The molecule has 132 valence electrons. The average molecular weight is 345 g/mol. The van der Waals surface area contributed by atoms with Crippen molar-refractivity contribution < 1.29 is 18.7 Å². The lowest BCUT2D eigenvalue weighted by atomic mass is 9.63. The molecule has 0 saturated heterocycles. The number of rotatable bonds is 5. The van der Waals surface area contributed by atoms with Crippen molar-refractivity contribution in [2.24, 2.45) is 7.05 Å². The van der Waals surface area contributed by atoms with E-state index in [9.17, 15) is 14.0 Å². The van der Waals surface area contributed by atoms with Crippen LogP contribution in [-0.4, -0.2) is 28.3 Å². The van der Waals surface area contributed by atoms with Crippen molar-refractivity contribution >= 4 is 17.7 Å². The van der Waals surface area contributed by atoms with Crippen LogP contribution in [0.3, 0.4) is 0 Å². The minimum absolute atomic E-state index is 0.181. The van der Waals surface area contributed by atoms with Crippen molar-refractivity contribution in [2.75, 3.05) is 11.9 Å². The highest BCUT2D eigenvalue weighted by atomic mass is 19.1. The fourth-order valence-electron chi connectivity index (χ4n) is 3.17. The monoisotopic (exact) mass is 345 g/mol. The summed E-state index contributed by atoms with van der Waals surface area (Å²) in [7, 11) is 1.62. The zero-order valence-corrected chi connectivity index (χ0v) is 14.2. The Kier molecular flexibility index (Phi) is 4.57. The van der Waals surface area contributed by atoms with E-state index >= 15 is 0 Å². The molecule has 1 aliphatic carbocycles. The molecule has 1 aliphatic rings. The Bertz CT molecular complexity index is 812. The first-order valence-electron chi connectivity index (χ1n) is 8.25. The summed E-state index contributed by atoms with van der Waals surface area (Å²) in [4.78, 5) is 25.0. The van der Waals surface area contributed by atoms with Gasteiger partial charge in [0.15, 0.2) is 0 Å². The molecule has 3 rings (SSSR count). The van der Waals surface area contributed by atoms with E-state index in [1.807, 2.05) is 0 Å². The second kappa shape index (κ2) is 6.66. The molecule has 1 aromatic carbocycles. The number of aromatic nitrogens is 2. The van der Waals surface area contributed by atoms with Gasteiger partial charge in [0.1, 0.15) is 17.2 Å². The third-order valence-corrected chi connectivity index (χ3v) is 4.70. The minimum atomic E-state index is -0.915. The summed E-state index contributed by atoms with van der Waals surface area (Å²) in [6, 6.07) is 6.32. The predicted molar refractivity (Wildman–Crippen MR) is 89.7 cm³/mol. The average Bonchev–Trinajstić information content (AvgIpc) is 2.89. The molecule has 0 radical (unpaired) electrons. The molecule has 7 heteroatoms. The first-order chi connectivity index (χ1) is 12.0. The van der Waals surface area contributed by atoms with Gasteiger partial charge in [-0.2, -0.15) is 5.10 Å². The largest absolute Gasteiger partial charge is 0.462 e. The van der Waals surface area contributed by atoms with Gasteiger partial charge in [0.2, 0.25) is 5.91 Å². The van der Waals surface area contributed by atoms with E-state index in [4.69, 9.17) is 4.74 Å². The molecule has 6 nitrogen and oxygen atoms in total. The fraction of sp³-hybridized carbons (Fsp3) is 0.389. The van der Waals surface area contributed by atoms with Gasteiger partial charge in [-0.05, 0) is 25.8 Å². The molecule has 1 amide bonds. The minimum Gasteiger partial charge on any atom is -0.462 e. The molecule has 0 bridgehead atoms. The molecule has 0 spiro atoms. The molecule has 0 aliphatic heterocycles. The van der Waals surface area contributed by atoms with Crippen molar-refractivity contribution in [3.05, 3.63) is 47.4 Å². The van der Waals surface area contributed by atoms with Gasteiger partial charge in [-0.3, -0.25) is 9.48 Å². The first-order valence-corrected chi connectivity index (χ1v) is 8.25. The number of hydrogen-bond donors (Lipinski definition) is 1. The molecule has 1 heterocycles. The van der Waals surface area contributed by atoms with Crippen LogP contribution >= 0.6 is 0 Å². The molecule has 1 N–H and O–H groups in total. The van der Waals surface area contributed by atoms with E-state index < -0.39 is 17.2 Å². The Labute approximate surface area is 145 Å². The number of anilines is 1. The number of amides is 1. The third kappa shape index (κ3) is 2.90. The highest BCUT2D eigenvalue weighted by molar-refractivity contribution is 6.04. The molecular weight excluding hydrogens is 325 g/mol. The Morgan fingerprint density at radius 2 is 2.08 bits per heavy atom. The first kappa shape index (κ1) is 17.1. The quantitative estimate of drug-likeness (QED) is 0.846. The second-order valence-corrected chi connectivity index (χ2v) is 6.12. The molecule has 1 saturated carbocycles. The normalized spacial score (nSPS) is 15.3. The molecular formula is C18H20FN3O3. The van der Waals surface area contributed by atoms with Crippen molar-refractivity contribution in [3.63, 3.8) is 0 Å². The van der Waals surface area contributed by atoms with Gasteiger partial charge in [0, 0.05) is 12.6 Å². The number of aryl methyl sites for hydroxylation is 1. The van der Waals surface area contributed by atoms with Gasteiger partial charge < -0.3 is 10.1 Å². The predicted octanol–water partition coefficient (Wildman–Crippen LogP) is 2.80. The highest BCUT2D eigenvalue weighted by Gasteiger charge is 2.47. The van der Waals surface area contributed by atoms with Crippen molar-refractivity contribution in [2.45, 2.75) is 31.6 Å². The molecule has 25 heavy (non-hydrogen) atoms. The van der Waals surface area contributed by atoms with Crippen LogP contribution in [0.4, 0.5) is 10.2 Å². The van der Waals surface area contributed by atoms with E-state index in [0.717, 1.165) is 6.42 Å². The van der Waals surface area contributed by atoms with Crippen LogP contribution in [-0.2, 0) is 22.0 Å². The van der Waals surface area contributed by atoms with Gasteiger partial charge in [-0.1, -0.05) is 24.6 Å². The van der Waals surface area contributed by atoms with Crippen molar-refractivity contribution in [3.8, 4) is 0 Å². The van der Waals surface area contributed by atoms with Gasteiger partial charge in [-0.15, -0.1) is 0 Å². The van der Waals surface area contributed by atoms with E-state index in [1.54, 1.807) is 32.2 Å². The summed E-state index contributed by atoms with van der Waals surface area (Å²) < 4.78 is 20.7. The molecule has 1 aromatic heterocycles. The summed E-state index contributed by atoms with van der Waals surface area (Å²) >= 11 is 0. The van der Waals surface area contributed by atoms with Gasteiger partial charge in [0.05, 0.1) is 18.2 Å². The Morgan fingerprint density at radius 3 is 2.68 bits per heavy atom. The van der Waals surface area contributed by atoms with Crippen LogP contribution in [0.2, 0.25) is 0 Å². The Morgan fingerprint density at radius 1 is 1.36 bits per heavy atom. The number of benzene rings is 1. The topological polar surface area (TPSA) is 73.2 Å². The van der Waals surface area contributed by atoms with Crippen molar-refractivity contribution in [1.82, 2.24) is 9.78 Å². The van der Waals surface area contributed by atoms with Gasteiger partial charge in [0.25, 0.3) is 0 Å². The summed E-state index contributed by atoms with van der Waals surface area (Å²) in [5.74, 6) is -1.03. The molecule has 0 atom stereocenters. The SMILES string of the molecule is CCOC(=O)c1cnn(C)c1NC(=O)C1(c2ccccc2F)CCC1. The number of hydrogen-bond acceptors (Lipinski definition) is 4. The lowest BCUT2D eigenvalue weighted by Gasteiger charge is -2.40. The fourth-order valence-corrected chi connectivity index (χ4v) is 3.17. The number of halogens is 1. The zero-order chi connectivity index (χ0) is 18.0. The van der Waals surface area contributed by atoms with Crippen LogP contribution in [0.1, 0.15) is 42.1 Å². The van der Waals surface area contributed by atoms with Crippen molar-refractivity contribution in [1.29, 1.82) is 0 Å². The summed E-state index contributed by atoms with van der Waals surface area (Å²) in [6.07, 6.45) is 3.32. The molecule has 0 unspecified atom stereocenters. The summed E-state index contributed by atoms with van der Waals surface area (Å²) in [6.45, 7) is 1.92. The summed E-state index contributed by atoms with van der Waals surface area (Å²) in [5, 5.41) is 6.78. The number of esters is 1. The van der Waals surface area contributed by atoms with E-state index in [2.05, 4.69) is 10.4 Å². The lowest BCUT2D eigenvalue weighted by Crippen LogP contribution is -2.47. The lowest BCUT2D eigenvalue weighted by molar-refractivity contribution is -0.124. The number of nitrogens with zero attached hydrogens (tertiary/aromatic N) is 2. The smallest absolute Gasteiger partial charge is 0.343 e. The van der Waals surface area contributed by atoms with Gasteiger partial charge >= 0.3 is 5.97 Å². The molecule has 1 fully saturated rings. The van der Waals surface area contributed by atoms with Gasteiger partial charge in [-0.25, -0.2) is 9.18 Å². The zero-order valence-electron chi connectivity index (χ0n) is 14.2. The maximum atomic E-state index is 14.3. The maximum Gasteiger partial charge on any atom is 0.343 e. The highest BCUT2D eigenvalue weighted by Crippen LogP contribution is 2.45. The standard InChI is InChI=1S/C18H20FN3O3/c1-3-25-16(23)12-11-20-22(2)15(12)21-17(24)18(9-6-10-18)13-7-4-5-8-14(13)19/h4-5,7-8,11H,3,6,9-10H2,1-2H3,(H,21,24). The van der Waals surface area contributed by atoms with Crippen LogP contribution in [0.25, 0.3) is 0 Å². The Hall–Kier alpha value is -2.70. The second-order valence-electron chi connectivity index (χ2n) is 6.12. The number of nitrogens with one attached hydrogen (secondary N) is 1. The number of carbonyl (C=O) groups is 2. The maximum absolute atomic E-state index is 14.3. The molecule has 2 aromatic rings. The van der Waals surface area contributed by atoms with Crippen LogP contribution in [0.5, 0.6) is 0 Å². The summed E-state index contributed by atoms with van der Waals surface area (Å²) in [5.41, 5.74) is -0.346. The number of carbonyl (C=O) groups excluding carboxylic acids is 2. The van der Waals surface area contributed by atoms with E-state index in [1.165, 1.54) is 16.9 Å².